The molecular formula is C28H23FN2O4. The van der Waals surface area contributed by atoms with Gasteiger partial charge in [0.25, 0.3) is 11.7 Å². The minimum absolute atomic E-state index is 0.0205. The van der Waals surface area contributed by atoms with Crippen molar-refractivity contribution in [3.05, 3.63) is 102 Å². The van der Waals surface area contributed by atoms with Crippen LogP contribution >= 0.6 is 0 Å². The molecule has 2 heterocycles. The predicted molar refractivity (Wildman–Crippen MR) is 132 cm³/mol. The van der Waals surface area contributed by atoms with E-state index >= 15 is 0 Å². The van der Waals surface area contributed by atoms with E-state index in [4.69, 9.17) is 4.74 Å². The largest absolute Gasteiger partial charge is 0.507 e. The molecule has 1 saturated heterocycles. The van der Waals surface area contributed by atoms with Crippen molar-refractivity contribution in [2.24, 2.45) is 0 Å². The van der Waals surface area contributed by atoms with Gasteiger partial charge in [-0.25, -0.2) is 4.39 Å². The zero-order valence-corrected chi connectivity index (χ0v) is 19.2. The topological polar surface area (TPSA) is 82.6 Å². The van der Waals surface area contributed by atoms with E-state index in [1.165, 1.54) is 23.1 Å². The Morgan fingerprint density at radius 2 is 1.77 bits per heavy atom. The predicted octanol–water partition coefficient (Wildman–Crippen LogP) is 5.72. The molecule has 176 valence electrons. The van der Waals surface area contributed by atoms with Crippen molar-refractivity contribution < 1.29 is 23.8 Å². The lowest BCUT2D eigenvalue weighted by Crippen LogP contribution is -2.29. The first kappa shape index (κ1) is 22.4. The number of rotatable bonds is 5. The number of carbonyl (C=O) groups is 2. The minimum Gasteiger partial charge on any atom is -0.507 e. The van der Waals surface area contributed by atoms with E-state index in [0.29, 0.717) is 16.9 Å². The highest BCUT2D eigenvalue weighted by atomic mass is 19.1. The Balaban J connectivity index is 1.70. The van der Waals surface area contributed by atoms with Gasteiger partial charge in [0.15, 0.2) is 0 Å². The number of para-hydroxylation sites is 1. The summed E-state index contributed by atoms with van der Waals surface area (Å²) >= 11 is 0. The van der Waals surface area contributed by atoms with Gasteiger partial charge in [-0.3, -0.25) is 14.5 Å². The van der Waals surface area contributed by atoms with Gasteiger partial charge in [-0.1, -0.05) is 24.3 Å². The second-order valence-corrected chi connectivity index (χ2v) is 8.63. The zero-order valence-electron chi connectivity index (χ0n) is 19.2. The molecule has 1 aliphatic rings. The maximum atomic E-state index is 14.1. The van der Waals surface area contributed by atoms with Crippen molar-refractivity contribution in [3.8, 4) is 5.75 Å². The van der Waals surface area contributed by atoms with Crippen molar-refractivity contribution in [1.82, 2.24) is 4.98 Å². The second kappa shape index (κ2) is 8.76. The van der Waals surface area contributed by atoms with E-state index in [9.17, 15) is 19.1 Å². The third-order valence-corrected chi connectivity index (χ3v) is 5.95. The fraction of sp³-hybridized carbons (Fsp3) is 0.143. The first-order valence-electron chi connectivity index (χ1n) is 11.2. The van der Waals surface area contributed by atoms with Gasteiger partial charge >= 0.3 is 0 Å². The van der Waals surface area contributed by atoms with Crippen LogP contribution in [0.2, 0.25) is 0 Å². The summed E-state index contributed by atoms with van der Waals surface area (Å²) in [7, 11) is 0. The number of aliphatic hydroxyl groups excluding tert-OH is 1. The third-order valence-electron chi connectivity index (χ3n) is 5.95. The SMILES string of the molecule is CC(C)Oc1ccc(/C(O)=C2\C(=O)C(=O)N(c3cccc(F)c3)C2c2c[nH]c3ccccc23)cc1. The Kier molecular flexibility index (Phi) is 5.61. The molecule has 4 aromatic rings. The van der Waals surface area contributed by atoms with Crippen LogP contribution in [0.1, 0.15) is 31.0 Å². The molecule has 7 heteroatoms. The fourth-order valence-corrected chi connectivity index (χ4v) is 4.46. The van der Waals surface area contributed by atoms with Crippen molar-refractivity contribution in [2.75, 3.05) is 4.90 Å². The van der Waals surface area contributed by atoms with Gasteiger partial charge in [0, 0.05) is 33.9 Å². The number of fused-ring (bicyclic) bond motifs is 1. The Labute approximate surface area is 201 Å². The number of halogens is 1. The molecule has 1 atom stereocenters. The molecule has 0 saturated carbocycles. The summed E-state index contributed by atoms with van der Waals surface area (Å²) in [5.74, 6) is -1.92. The molecule has 2 N–H and O–H groups in total. The summed E-state index contributed by atoms with van der Waals surface area (Å²) < 4.78 is 19.8. The maximum Gasteiger partial charge on any atom is 0.300 e. The summed E-state index contributed by atoms with van der Waals surface area (Å²) in [6, 6.07) is 18.7. The first-order chi connectivity index (χ1) is 16.8. The molecule has 1 unspecified atom stereocenters. The smallest absolute Gasteiger partial charge is 0.300 e. The number of H-pyrrole nitrogens is 1. The van der Waals surface area contributed by atoms with Gasteiger partial charge in [-0.2, -0.15) is 0 Å². The first-order valence-corrected chi connectivity index (χ1v) is 11.2. The van der Waals surface area contributed by atoms with Gasteiger partial charge in [-0.05, 0) is 62.4 Å². The highest BCUT2D eigenvalue weighted by molar-refractivity contribution is 6.51. The Hall–Kier alpha value is -4.39. The third kappa shape index (κ3) is 3.95. The normalized spacial score (nSPS) is 17.5. The zero-order chi connectivity index (χ0) is 24.7. The number of nitrogens with one attached hydrogen (secondary N) is 1. The average Bonchev–Trinajstić information content (AvgIpc) is 3.37. The standard InChI is InChI=1S/C28H23FN2O4/c1-16(2)35-20-12-10-17(11-13-20)26(32)24-25(22-15-30-23-9-4-3-8-21(22)23)31(28(34)27(24)33)19-7-5-6-18(29)14-19/h3-16,25,30,32H,1-2H3/b26-24+. The highest BCUT2D eigenvalue weighted by Gasteiger charge is 2.47. The van der Waals surface area contributed by atoms with Crippen LogP contribution in [0.15, 0.2) is 84.6 Å². The monoisotopic (exact) mass is 470 g/mol. The molecule has 1 aromatic heterocycles. The van der Waals surface area contributed by atoms with E-state index in [1.54, 1.807) is 36.5 Å². The van der Waals surface area contributed by atoms with Gasteiger partial charge < -0.3 is 14.8 Å². The van der Waals surface area contributed by atoms with Gasteiger partial charge in [0.05, 0.1) is 17.7 Å². The molecule has 0 spiro atoms. The van der Waals surface area contributed by atoms with E-state index in [1.807, 2.05) is 38.1 Å². The average molecular weight is 471 g/mol. The lowest BCUT2D eigenvalue weighted by Gasteiger charge is -2.25. The van der Waals surface area contributed by atoms with Crippen molar-refractivity contribution >= 4 is 34.0 Å². The fourth-order valence-electron chi connectivity index (χ4n) is 4.46. The summed E-state index contributed by atoms with van der Waals surface area (Å²) in [6.07, 6.45) is 1.69. The van der Waals surface area contributed by atoms with E-state index in [2.05, 4.69) is 4.98 Å². The molecule has 1 aliphatic heterocycles. The number of ether oxygens (including phenoxy) is 1. The summed E-state index contributed by atoms with van der Waals surface area (Å²) in [4.78, 5) is 31.0. The second-order valence-electron chi connectivity index (χ2n) is 8.63. The van der Waals surface area contributed by atoms with E-state index < -0.39 is 23.5 Å². The number of Topliss-reactive ketones (excluding diaryl/α,β-unsaturated/α-hetero) is 1. The molecule has 0 radical (unpaired) electrons. The number of aliphatic hydroxyl groups is 1. The number of benzene rings is 3. The minimum atomic E-state index is -0.959. The lowest BCUT2D eigenvalue weighted by molar-refractivity contribution is -0.132. The molecule has 6 nitrogen and oxygen atoms in total. The quantitative estimate of drug-likeness (QED) is 0.222. The van der Waals surface area contributed by atoms with Crippen LogP contribution in [0.4, 0.5) is 10.1 Å². The number of anilines is 1. The molecule has 0 aliphatic carbocycles. The van der Waals surface area contributed by atoms with Gasteiger partial charge in [0.1, 0.15) is 17.3 Å². The number of nitrogens with zero attached hydrogens (tertiary/aromatic N) is 1. The van der Waals surface area contributed by atoms with Crippen LogP contribution in [0.3, 0.4) is 0 Å². The summed E-state index contributed by atoms with van der Waals surface area (Å²) in [5.41, 5.74) is 1.94. The van der Waals surface area contributed by atoms with Crippen LogP contribution < -0.4 is 9.64 Å². The van der Waals surface area contributed by atoms with Crippen LogP contribution in [0.25, 0.3) is 16.7 Å². The number of ketones is 1. The van der Waals surface area contributed by atoms with Gasteiger partial charge in [-0.15, -0.1) is 0 Å². The van der Waals surface area contributed by atoms with Crippen molar-refractivity contribution in [1.29, 1.82) is 0 Å². The number of carbonyl (C=O) groups excluding carboxylic acids is 2. The summed E-state index contributed by atoms with van der Waals surface area (Å²) in [6.45, 7) is 3.81. The van der Waals surface area contributed by atoms with E-state index in [0.717, 1.165) is 10.9 Å². The highest BCUT2D eigenvalue weighted by Crippen LogP contribution is 2.44. The molecule has 5 rings (SSSR count). The van der Waals surface area contributed by atoms with E-state index in [-0.39, 0.29) is 23.1 Å². The number of hydrogen-bond acceptors (Lipinski definition) is 4. The number of aromatic nitrogens is 1. The lowest BCUT2D eigenvalue weighted by atomic mass is 9.94. The molecule has 3 aromatic carbocycles. The molecule has 1 amide bonds. The number of amides is 1. The Morgan fingerprint density at radius 3 is 2.49 bits per heavy atom. The van der Waals surface area contributed by atoms with Crippen LogP contribution in [0, 0.1) is 5.82 Å². The number of hydrogen-bond donors (Lipinski definition) is 2. The van der Waals surface area contributed by atoms with Gasteiger partial charge in [0.2, 0.25) is 0 Å². The van der Waals surface area contributed by atoms with Crippen LogP contribution in [0.5, 0.6) is 5.75 Å². The van der Waals surface area contributed by atoms with Crippen molar-refractivity contribution in [3.63, 3.8) is 0 Å². The maximum absolute atomic E-state index is 14.1. The number of aromatic amines is 1. The van der Waals surface area contributed by atoms with Crippen molar-refractivity contribution in [2.45, 2.75) is 26.0 Å². The Morgan fingerprint density at radius 1 is 1.03 bits per heavy atom. The van der Waals surface area contributed by atoms with Crippen LogP contribution in [-0.4, -0.2) is 27.9 Å². The van der Waals surface area contributed by atoms with Crippen LogP contribution in [-0.2, 0) is 9.59 Å². The molecular weight excluding hydrogens is 447 g/mol. The Bertz CT molecular complexity index is 1470. The molecule has 0 bridgehead atoms. The molecule has 1 fully saturated rings. The molecule has 35 heavy (non-hydrogen) atoms. The summed E-state index contributed by atoms with van der Waals surface area (Å²) in [5, 5.41) is 12.1.